The van der Waals surface area contributed by atoms with Gasteiger partial charge in [-0.05, 0) is 29.7 Å². The van der Waals surface area contributed by atoms with Crippen LogP contribution in [0.5, 0.6) is 5.75 Å². The molecule has 0 heterocycles. The fourth-order valence-electron chi connectivity index (χ4n) is 3.35. The van der Waals surface area contributed by atoms with Gasteiger partial charge in [0.1, 0.15) is 5.75 Å². The number of amides is 2. The number of alkyl halides is 3. The van der Waals surface area contributed by atoms with Gasteiger partial charge in [-0.1, -0.05) is 40.2 Å². The Kier molecular flexibility index (Phi) is 6.06. The van der Waals surface area contributed by atoms with Crippen LogP contribution in [0.15, 0.2) is 40.9 Å². The summed E-state index contributed by atoms with van der Waals surface area (Å²) in [6.07, 6.45) is -8.18. The maximum atomic E-state index is 13.0. The lowest BCUT2D eigenvalue weighted by molar-refractivity contribution is -0.207. The molecule has 0 spiro atoms. The molecule has 0 aliphatic heterocycles. The Morgan fingerprint density at radius 1 is 1.31 bits per heavy atom. The molecule has 29 heavy (non-hydrogen) atoms. The van der Waals surface area contributed by atoms with Gasteiger partial charge in [0.05, 0.1) is 24.9 Å². The van der Waals surface area contributed by atoms with Crippen molar-refractivity contribution >= 4 is 27.6 Å². The Morgan fingerprint density at radius 3 is 2.62 bits per heavy atom. The highest BCUT2D eigenvalue weighted by atomic mass is 79.9. The summed E-state index contributed by atoms with van der Waals surface area (Å²) in [7, 11) is 1.14. The number of fused-ring (bicyclic) bond motifs is 1. The molecule has 6 nitrogen and oxygen atoms in total. The molecule has 0 bridgehead atoms. The number of nitrogens with one attached hydrogen (secondary N) is 2. The number of rotatable bonds is 4. The quantitative estimate of drug-likeness (QED) is 0.541. The highest BCUT2D eigenvalue weighted by Crippen LogP contribution is 2.42. The molecule has 2 aromatic rings. The number of anilines is 1. The van der Waals surface area contributed by atoms with Gasteiger partial charge < -0.3 is 25.6 Å². The SMILES string of the molecule is COc1c(NC(=O)NC2Cc3ccccc3C2O)cc(Br)cc1C(O)C(F)(F)F. The Labute approximate surface area is 172 Å². The molecule has 4 N–H and O–H groups in total. The van der Waals surface area contributed by atoms with E-state index in [2.05, 4.69) is 26.6 Å². The van der Waals surface area contributed by atoms with E-state index in [1.807, 2.05) is 12.1 Å². The zero-order valence-electron chi connectivity index (χ0n) is 15.1. The Hall–Kier alpha value is -2.30. The minimum Gasteiger partial charge on any atom is -0.494 e. The van der Waals surface area contributed by atoms with Gasteiger partial charge in [-0.2, -0.15) is 13.2 Å². The highest BCUT2D eigenvalue weighted by Gasteiger charge is 2.41. The number of benzene rings is 2. The molecule has 156 valence electrons. The maximum absolute atomic E-state index is 13.0. The van der Waals surface area contributed by atoms with Crippen molar-refractivity contribution in [2.45, 2.75) is 30.8 Å². The fourth-order valence-corrected chi connectivity index (χ4v) is 3.82. The molecule has 0 radical (unpaired) electrons. The number of urea groups is 1. The van der Waals surface area contributed by atoms with Crippen LogP contribution in [0.25, 0.3) is 0 Å². The van der Waals surface area contributed by atoms with Crippen molar-refractivity contribution < 1.29 is 32.9 Å². The third kappa shape index (κ3) is 4.49. The van der Waals surface area contributed by atoms with Crippen molar-refractivity contribution in [2.24, 2.45) is 0 Å². The van der Waals surface area contributed by atoms with Gasteiger partial charge in [0, 0.05) is 10.0 Å². The van der Waals surface area contributed by atoms with Crippen LogP contribution >= 0.6 is 15.9 Å². The van der Waals surface area contributed by atoms with E-state index in [9.17, 15) is 28.2 Å². The first-order valence-electron chi connectivity index (χ1n) is 8.57. The summed E-state index contributed by atoms with van der Waals surface area (Å²) in [5.74, 6) is -0.316. The van der Waals surface area contributed by atoms with Crippen molar-refractivity contribution in [2.75, 3.05) is 12.4 Å². The number of aliphatic hydroxyl groups excluding tert-OH is 2. The van der Waals surface area contributed by atoms with Crippen LogP contribution < -0.4 is 15.4 Å². The summed E-state index contributed by atoms with van der Waals surface area (Å²) in [6.45, 7) is 0. The molecular formula is C19H18BrF3N2O4. The van der Waals surface area contributed by atoms with Crippen LogP contribution in [0.1, 0.15) is 28.9 Å². The molecule has 2 aromatic carbocycles. The van der Waals surface area contributed by atoms with E-state index in [1.54, 1.807) is 12.1 Å². The van der Waals surface area contributed by atoms with Gasteiger partial charge in [-0.25, -0.2) is 4.79 Å². The monoisotopic (exact) mass is 474 g/mol. The molecule has 3 rings (SSSR count). The van der Waals surface area contributed by atoms with E-state index in [1.165, 1.54) is 6.07 Å². The van der Waals surface area contributed by atoms with Crippen LogP contribution in [-0.2, 0) is 6.42 Å². The van der Waals surface area contributed by atoms with E-state index >= 15 is 0 Å². The van der Waals surface area contributed by atoms with Crippen LogP contribution in [0.4, 0.5) is 23.7 Å². The number of methoxy groups -OCH3 is 1. The smallest absolute Gasteiger partial charge is 0.418 e. The topological polar surface area (TPSA) is 90.8 Å². The Morgan fingerprint density at radius 2 is 2.00 bits per heavy atom. The van der Waals surface area contributed by atoms with Gasteiger partial charge >= 0.3 is 12.2 Å². The zero-order valence-corrected chi connectivity index (χ0v) is 16.7. The Balaban J connectivity index is 1.80. The first-order valence-corrected chi connectivity index (χ1v) is 9.36. The molecule has 2 amide bonds. The fraction of sp³-hybridized carbons (Fsp3) is 0.316. The second-order valence-electron chi connectivity index (χ2n) is 6.57. The van der Waals surface area contributed by atoms with Crippen LogP contribution in [0.2, 0.25) is 0 Å². The zero-order chi connectivity index (χ0) is 21.3. The van der Waals surface area contributed by atoms with Gasteiger partial charge in [0.25, 0.3) is 0 Å². The second kappa shape index (κ2) is 8.21. The van der Waals surface area contributed by atoms with E-state index < -0.39 is 36.0 Å². The summed E-state index contributed by atoms with van der Waals surface area (Å²) >= 11 is 3.07. The summed E-state index contributed by atoms with van der Waals surface area (Å²) in [5, 5.41) is 25.1. The molecule has 0 saturated heterocycles. The Bertz CT molecular complexity index is 923. The lowest BCUT2D eigenvalue weighted by Gasteiger charge is -2.22. The van der Waals surface area contributed by atoms with E-state index in [0.29, 0.717) is 12.0 Å². The van der Waals surface area contributed by atoms with E-state index in [4.69, 9.17) is 4.74 Å². The van der Waals surface area contributed by atoms with Gasteiger partial charge in [-0.15, -0.1) is 0 Å². The number of hydrogen-bond acceptors (Lipinski definition) is 4. The third-order valence-electron chi connectivity index (χ3n) is 4.65. The molecule has 10 heteroatoms. The predicted octanol–water partition coefficient (Wildman–Crippen LogP) is 3.83. The van der Waals surface area contributed by atoms with Gasteiger partial charge in [0.15, 0.2) is 6.10 Å². The van der Waals surface area contributed by atoms with Crippen molar-refractivity contribution in [3.8, 4) is 5.75 Å². The van der Waals surface area contributed by atoms with E-state index in [-0.39, 0.29) is 15.9 Å². The lowest BCUT2D eigenvalue weighted by Crippen LogP contribution is -2.40. The number of carbonyl (C=O) groups is 1. The van der Waals surface area contributed by atoms with E-state index in [0.717, 1.165) is 18.7 Å². The maximum Gasteiger partial charge on any atom is 0.418 e. The molecule has 1 aliphatic carbocycles. The summed E-state index contributed by atoms with van der Waals surface area (Å²) in [4.78, 5) is 12.4. The van der Waals surface area contributed by atoms with Crippen LogP contribution in [0.3, 0.4) is 0 Å². The number of carbonyl (C=O) groups excluding carboxylic acids is 1. The van der Waals surface area contributed by atoms with Crippen molar-refractivity contribution in [1.29, 1.82) is 0 Å². The van der Waals surface area contributed by atoms with Crippen molar-refractivity contribution in [3.05, 3.63) is 57.6 Å². The molecule has 0 fully saturated rings. The normalized spacial score (nSPS) is 19.4. The first kappa shape index (κ1) is 21.4. The van der Waals surface area contributed by atoms with Crippen LogP contribution in [-0.4, -0.2) is 35.6 Å². The largest absolute Gasteiger partial charge is 0.494 e. The molecule has 3 atom stereocenters. The number of halogens is 4. The third-order valence-corrected chi connectivity index (χ3v) is 5.11. The van der Waals surface area contributed by atoms with Crippen molar-refractivity contribution in [3.63, 3.8) is 0 Å². The minimum atomic E-state index is -4.91. The average Bonchev–Trinajstić information content (AvgIpc) is 2.95. The van der Waals surface area contributed by atoms with Crippen molar-refractivity contribution in [1.82, 2.24) is 5.32 Å². The summed E-state index contributed by atoms with van der Waals surface area (Å²) < 4.78 is 44.1. The molecule has 0 aromatic heterocycles. The highest BCUT2D eigenvalue weighted by molar-refractivity contribution is 9.10. The number of hydrogen-bond donors (Lipinski definition) is 4. The minimum absolute atomic E-state index is 0.0670. The van der Waals surface area contributed by atoms with Crippen LogP contribution in [0, 0.1) is 0 Å². The molecule has 3 unspecified atom stereocenters. The summed E-state index contributed by atoms with van der Waals surface area (Å²) in [5.41, 5.74) is 1.01. The predicted molar refractivity (Wildman–Crippen MR) is 103 cm³/mol. The second-order valence-corrected chi connectivity index (χ2v) is 7.49. The average molecular weight is 475 g/mol. The lowest BCUT2D eigenvalue weighted by atomic mass is 10.1. The molecule has 0 saturated carbocycles. The molecular weight excluding hydrogens is 457 g/mol. The number of ether oxygens (including phenoxy) is 1. The molecule has 1 aliphatic rings. The summed E-state index contributed by atoms with van der Waals surface area (Å²) in [6, 6.07) is 8.32. The number of aliphatic hydroxyl groups is 2. The first-order chi connectivity index (χ1) is 13.6. The standard InChI is InChI=1S/C19H18BrF3N2O4/c1-29-16-12(17(27)19(21,22)23)7-10(20)8-14(16)25-18(28)24-13-6-9-4-2-3-5-11(9)15(13)26/h2-5,7-8,13,15,17,26-27H,6H2,1H3,(H2,24,25,28). The van der Waals surface area contributed by atoms with Gasteiger partial charge in [0.2, 0.25) is 0 Å². The van der Waals surface area contributed by atoms with Gasteiger partial charge in [-0.3, -0.25) is 0 Å².